The van der Waals surface area contributed by atoms with E-state index in [0.29, 0.717) is 5.92 Å². The van der Waals surface area contributed by atoms with Gasteiger partial charge in [-0.05, 0) is 75.0 Å². The van der Waals surface area contributed by atoms with Gasteiger partial charge in [-0.15, -0.1) is 0 Å². The van der Waals surface area contributed by atoms with Gasteiger partial charge < -0.3 is 4.84 Å². The largest absolute Gasteiger partial charge is 0.399 e. The number of benzene rings is 1. The molecule has 4 heteroatoms. The number of ketones is 2. The van der Waals surface area contributed by atoms with Crippen molar-refractivity contribution in [2.24, 2.45) is 22.9 Å². The number of fused-ring (bicyclic) bond motifs is 1. The zero-order chi connectivity index (χ0) is 20.4. The molecule has 0 bridgehead atoms. The van der Waals surface area contributed by atoms with Crippen LogP contribution in [-0.2, 0) is 27.3 Å². The molecule has 1 aromatic carbocycles. The van der Waals surface area contributed by atoms with Crippen LogP contribution in [-0.4, -0.2) is 24.4 Å². The average molecular weight is 384 g/mol. The molecule has 0 aliphatic heterocycles. The predicted octanol–water partition coefficient (Wildman–Crippen LogP) is 4.80. The summed E-state index contributed by atoms with van der Waals surface area (Å²) in [6.07, 6.45) is 5.25. The van der Waals surface area contributed by atoms with E-state index in [9.17, 15) is 9.59 Å². The minimum atomic E-state index is -0.529. The molecular weight excluding hydrogens is 350 g/mol. The van der Waals surface area contributed by atoms with Crippen LogP contribution < -0.4 is 0 Å². The number of aryl methyl sites for hydroxylation is 3. The molecule has 0 N–H and O–H groups in total. The predicted molar refractivity (Wildman–Crippen MR) is 112 cm³/mol. The Hall–Kier alpha value is -1.97. The van der Waals surface area contributed by atoms with E-state index < -0.39 is 5.92 Å². The van der Waals surface area contributed by atoms with Crippen LogP contribution in [0.3, 0.4) is 0 Å². The van der Waals surface area contributed by atoms with E-state index in [1.165, 1.54) is 16.7 Å². The summed E-state index contributed by atoms with van der Waals surface area (Å²) in [4.78, 5) is 31.5. The lowest BCUT2D eigenvalue weighted by atomic mass is 9.82. The summed E-state index contributed by atoms with van der Waals surface area (Å²) in [5.41, 5.74) is 5.55. The molecule has 2 unspecified atom stereocenters. The molecule has 0 amide bonds. The molecule has 2 saturated carbocycles. The maximum Gasteiger partial charge on any atom is 0.151 e. The normalized spacial score (nSPS) is 27.4. The molecule has 0 heterocycles. The molecule has 152 valence electrons. The summed E-state index contributed by atoms with van der Waals surface area (Å²) >= 11 is 0. The van der Waals surface area contributed by atoms with Gasteiger partial charge in [-0.25, -0.2) is 0 Å². The van der Waals surface area contributed by atoms with Crippen molar-refractivity contribution in [3.8, 4) is 0 Å². The Morgan fingerprint density at radius 2 is 1.61 bits per heavy atom. The molecule has 4 nitrogen and oxygen atoms in total. The maximum absolute atomic E-state index is 13.3. The highest BCUT2D eigenvalue weighted by Crippen LogP contribution is 2.50. The molecule has 0 radical (unpaired) electrons. The topological polar surface area (TPSA) is 55.7 Å². The first-order valence-corrected chi connectivity index (χ1v) is 10.7. The highest BCUT2D eigenvalue weighted by atomic mass is 16.6. The number of Topliss-reactive ketones (excluding diaryl/α,β-unsaturated/α-hetero) is 2. The number of nitrogens with zero attached hydrogens (tertiary/aromatic N) is 1. The highest BCUT2D eigenvalue weighted by Gasteiger charge is 2.54. The average Bonchev–Trinajstić information content (AvgIpc) is 3.19. The first-order chi connectivity index (χ1) is 13.4. The summed E-state index contributed by atoms with van der Waals surface area (Å²) in [5, 5.41) is 3.97. The number of carbonyl (C=O) groups excluding carboxylic acids is 2. The van der Waals surface area contributed by atoms with Crippen LogP contribution >= 0.6 is 0 Å². The van der Waals surface area contributed by atoms with E-state index in [1.54, 1.807) is 7.11 Å². The quantitative estimate of drug-likeness (QED) is 0.386. The lowest BCUT2D eigenvalue weighted by Gasteiger charge is -2.20. The number of oxime groups is 1. The molecule has 1 aromatic rings. The van der Waals surface area contributed by atoms with E-state index in [1.807, 2.05) is 6.92 Å². The van der Waals surface area contributed by atoms with Gasteiger partial charge in [0.1, 0.15) is 13.0 Å². The second kappa shape index (κ2) is 8.59. The fourth-order valence-corrected chi connectivity index (χ4v) is 5.38. The first-order valence-electron chi connectivity index (χ1n) is 10.7. The highest BCUT2D eigenvalue weighted by molar-refractivity contribution is 6.16. The van der Waals surface area contributed by atoms with Gasteiger partial charge >= 0.3 is 0 Å². The van der Waals surface area contributed by atoms with Gasteiger partial charge in [-0.2, -0.15) is 0 Å². The Labute approximate surface area is 168 Å². The first kappa shape index (κ1) is 20.8. The maximum atomic E-state index is 13.3. The molecule has 3 rings (SSSR count). The summed E-state index contributed by atoms with van der Waals surface area (Å²) in [6, 6.07) is 4.31. The standard InChI is InChI=1S/C24H33NO3/c1-6-17-10-14(3)11-18(7-2)21(17)22-23(26)19-12-16(13-20(19)24(22)27)9-8-15(4)25-28-5/h10-11,16,19-20,22H,6-9,12-13H2,1-5H3. The van der Waals surface area contributed by atoms with Gasteiger partial charge in [-0.3, -0.25) is 9.59 Å². The van der Waals surface area contributed by atoms with Crippen molar-refractivity contribution >= 4 is 17.3 Å². The third kappa shape index (κ3) is 3.78. The van der Waals surface area contributed by atoms with Gasteiger partial charge in [0.15, 0.2) is 11.6 Å². The Morgan fingerprint density at radius 3 is 2.07 bits per heavy atom. The lowest BCUT2D eigenvalue weighted by molar-refractivity contribution is -0.125. The fraction of sp³-hybridized carbons (Fsp3) is 0.625. The summed E-state index contributed by atoms with van der Waals surface area (Å²) < 4.78 is 0. The van der Waals surface area contributed by atoms with E-state index in [2.05, 4.69) is 38.1 Å². The molecule has 28 heavy (non-hydrogen) atoms. The van der Waals surface area contributed by atoms with Crippen LogP contribution in [0.2, 0.25) is 0 Å². The van der Waals surface area contributed by atoms with E-state index in [-0.39, 0.29) is 23.4 Å². The Bertz CT molecular complexity index is 746. The third-order valence-corrected chi connectivity index (χ3v) is 6.67. The minimum Gasteiger partial charge on any atom is -0.399 e. The molecular formula is C24H33NO3. The molecule has 2 fully saturated rings. The minimum absolute atomic E-state index is 0.0853. The summed E-state index contributed by atoms with van der Waals surface area (Å²) in [5.74, 6) is 0.0789. The molecule has 2 atom stereocenters. The van der Waals surface area contributed by atoms with E-state index in [0.717, 1.165) is 49.8 Å². The van der Waals surface area contributed by atoms with Crippen LogP contribution in [0.5, 0.6) is 0 Å². The SMILES string of the molecule is CCc1cc(C)cc(CC)c1C1C(=O)C2CC(CCC(C)=NOC)CC2C1=O. The van der Waals surface area contributed by atoms with Crippen LogP contribution in [0.4, 0.5) is 0 Å². The Balaban J connectivity index is 1.81. The van der Waals surface area contributed by atoms with Crippen LogP contribution in [0.1, 0.15) is 74.6 Å². The van der Waals surface area contributed by atoms with Crippen LogP contribution in [0.15, 0.2) is 17.3 Å². The monoisotopic (exact) mass is 383 g/mol. The van der Waals surface area contributed by atoms with Crippen molar-refractivity contribution in [2.75, 3.05) is 7.11 Å². The fourth-order valence-electron chi connectivity index (χ4n) is 5.38. The second-order valence-corrected chi connectivity index (χ2v) is 8.54. The zero-order valence-corrected chi connectivity index (χ0v) is 17.9. The van der Waals surface area contributed by atoms with Crippen molar-refractivity contribution < 1.29 is 14.4 Å². The molecule has 0 spiro atoms. The zero-order valence-electron chi connectivity index (χ0n) is 17.9. The summed E-state index contributed by atoms with van der Waals surface area (Å²) in [6.45, 7) is 8.28. The van der Waals surface area contributed by atoms with Gasteiger partial charge in [0.25, 0.3) is 0 Å². The molecule has 0 aromatic heterocycles. The van der Waals surface area contributed by atoms with Gasteiger partial charge in [0.2, 0.25) is 0 Å². The third-order valence-electron chi connectivity index (χ3n) is 6.67. The second-order valence-electron chi connectivity index (χ2n) is 8.54. The molecule has 0 saturated heterocycles. The molecule has 2 aliphatic rings. The Kier molecular flexibility index (Phi) is 6.36. The van der Waals surface area contributed by atoms with Gasteiger partial charge in [0.05, 0.1) is 5.71 Å². The number of hydrogen-bond donors (Lipinski definition) is 0. The van der Waals surface area contributed by atoms with Gasteiger partial charge in [-0.1, -0.05) is 36.7 Å². The van der Waals surface area contributed by atoms with Crippen molar-refractivity contribution in [1.82, 2.24) is 0 Å². The smallest absolute Gasteiger partial charge is 0.151 e. The van der Waals surface area contributed by atoms with Crippen molar-refractivity contribution in [2.45, 2.75) is 72.1 Å². The van der Waals surface area contributed by atoms with Gasteiger partial charge in [0, 0.05) is 11.8 Å². The van der Waals surface area contributed by atoms with Crippen LogP contribution in [0, 0.1) is 24.7 Å². The van der Waals surface area contributed by atoms with E-state index >= 15 is 0 Å². The molecule has 2 aliphatic carbocycles. The summed E-state index contributed by atoms with van der Waals surface area (Å²) in [7, 11) is 1.56. The van der Waals surface area contributed by atoms with Crippen molar-refractivity contribution in [3.63, 3.8) is 0 Å². The van der Waals surface area contributed by atoms with Crippen LogP contribution in [0.25, 0.3) is 0 Å². The van der Waals surface area contributed by atoms with E-state index in [4.69, 9.17) is 4.84 Å². The van der Waals surface area contributed by atoms with Crippen molar-refractivity contribution in [1.29, 1.82) is 0 Å². The Morgan fingerprint density at radius 1 is 1.07 bits per heavy atom. The lowest BCUT2D eigenvalue weighted by Crippen LogP contribution is -2.21. The number of hydrogen-bond acceptors (Lipinski definition) is 4. The number of carbonyl (C=O) groups is 2. The number of rotatable bonds is 7. The van der Waals surface area contributed by atoms with Crippen molar-refractivity contribution in [3.05, 3.63) is 34.4 Å².